The largest absolute Gasteiger partial charge is 0.339 e. The van der Waals surface area contributed by atoms with E-state index in [0.717, 1.165) is 6.07 Å². The fourth-order valence-corrected chi connectivity index (χ4v) is 2.44. The Kier molecular flexibility index (Phi) is 5.93. The molecule has 1 N–H and O–H groups in total. The van der Waals surface area contributed by atoms with Gasteiger partial charge in [0.25, 0.3) is 11.8 Å². The van der Waals surface area contributed by atoms with Crippen LogP contribution in [0, 0.1) is 5.82 Å². The Morgan fingerprint density at radius 3 is 2.42 bits per heavy atom. The first-order chi connectivity index (χ1) is 11.5. The molecule has 0 aliphatic rings. The van der Waals surface area contributed by atoms with Crippen LogP contribution in [0.4, 0.5) is 10.1 Å². The minimum Gasteiger partial charge on any atom is -0.339 e. The quantitative estimate of drug-likeness (QED) is 0.879. The third-order valence-corrected chi connectivity index (χ3v) is 3.93. The van der Waals surface area contributed by atoms with Crippen LogP contribution in [0.3, 0.4) is 0 Å². The van der Waals surface area contributed by atoms with Crippen molar-refractivity contribution in [3.8, 4) is 0 Å². The van der Waals surface area contributed by atoms with Crippen molar-refractivity contribution >= 4 is 29.1 Å². The zero-order chi connectivity index (χ0) is 17.7. The lowest BCUT2D eigenvalue weighted by atomic mass is 10.1. The van der Waals surface area contributed by atoms with Gasteiger partial charge in [-0.3, -0.25) is 9.59 Å². The van der Waals surface area contributed by atoms with Crippen LogP contribution in [0.25, 0.3) is 0 Å². The van der Waals surface area contributed by atoms with Crippen molar-refractivity contribution in [1.82, 2.24) is 4.90 Å². The molecule has 0 aliphatic carbocycles. The minimum atomic E-state index is -0.501. The molecule has 0 unspecified atom stereocenters. The molecule has 6 heteroatoms. The van der Waals surface area contributed by atoms with Gasteiger partial charge >= 0.3 is 0 Å². The zero-order valence-corrected chi connectivity index (χ0v) is 14.2. The first-order valence-electron chi connectivity index (χ1n) is 7.62. The summed E-state index contributed by atoms with van der Waals surface area (Å²) in [5, 5.41) is 2.92. The molecule has 0 spiro atoms. The van der Waals surface area contributed by atoms with Gasteiger partial charge in [0.15, 0.2) is 0 Å². The van der Waals surface area contributed by atoms with Crippen LogP contribution in [0.15, 0.2) is 42.5 Å². The molecule has 0 bridgehead atoms. The van der Waals surface area contributed by atoms with Crippen molar-refractivity contribution in [2.45, 2.75) is 13.8 Å². The van der Waals surface area contributed by atoms with Crippen LogP contribution in [-0.4, -0.2) is 29.8 Å². The van der Waals surface area contributed by atoms with Crippen molar-refractivity contribution in [3.05, 3.63) is 64.4 Å². The number of nitrogens with one attached hydrogen (secondary N) is 1. The van der Waals surface area contributed by atoms with Crippen LogP contribution in [0.1, 0.15) is 34.6 Å². The van der Waals surface area contributed by atoms with E-state index in [1.807, 2.05) is 13.8 Å². The maximum atomic E-state index is 13.2. The second-order valence-corrected chi connectivity index (χ2v) is 5.54. The van der Waals surface area contributed by atoms with Crippen molar-refractivity contribution in [1.29, 1.82) is 0 Å². The van der Waals surface area contributed by atoms with Crippen LogP contribution < -0.4 is 5.32 Å². The molecule has 0 aromatic heterocycles. The summed E-state index contributed by atoms with van der Waals surface area (Å²) in [7, 11) is 0. The summed E-state index contributed by atoms with van der Waals surface area (Å²) in [6.45, 7) is 4.96. The summed E-state index contributed by atoms with van der Waals surface area (Å²) in [6, 6.07) is 10.0. The van der Waals surface area contributed by atoms with E-state index in [1.54, 1.807) is 17.0 Å². The summed E-state index contributed by atoms with van der Waals surface area (Å²) in [5.74, 6) is -1.14. The van der Waals surface area contributed by atoms with E-state index >= 15 is 0 Å². The molecule has 0 radical (unpaired) electrons. The lowest BCUT2D eigenvalue weighted by Crippen LogP contribution is -2.30. The first-order valence-corrected chi connectivity index (χ1v) is 7.99. The van der Waals surface area contributed by atoms with Gasteiger partial charge in [-0.1, -0.05) is 17.7 Å². The van der Waals surface area contributed by atoms with Gasteiger partial charge in [-0.2, -0.15) is 0 Å². The summed E-state index contributed by atoms with van der Waals surface area (Å²) in [5.41, 5.74) is 0.910. The Hall–Kier alpha value is -2.40. The number of benzene rings is 2. The molecule has 0 aliphatic heterocycles. The molecule has 126 valence electrons. The SMILES string of the molecule is CCN(CC)C(=O)c1ccc(Cl)c(NC(=O)c2cccc(F)c2)c1. The number of hydrogen-bond acceptors (Lipinski definition) is 2. The van der Waals surface area contributed by atoms with E-state index in [0.29, 0.717) is 29.4 Å². The van der Waals surface area contributed by atoms with Crippen LogP contribution >= 0.6 is 11.6 Å². The highest BCUT2D eigenvalue weighted by molar-refractivity contribution is 6.34. The number of anilines is 1. The van der Waals surface area contributed by atoms with Crippen molar-refractivity contribution in [2.24, 2.45) is 0 Å². The number of carbonyl (C=O) groups is 2. The highest BCUT2D eigenvalue weighted by Gasteiger charge is 2.15. The van der Waals surface area contributed by atoms with Gasteiger partial charge in [0.2, 0.25) is 0 Å². The van der Waals surface area contributed by atoms with E-state index in [1.165, 1.54) is 24.3 Å². The average molecular weight is 349 g/mol. The van der Waals surface area contributed by atoms with Crippen LogP contribution in [-0.2, 0) is 0 Å². The Balaban J connectivity index is 2.26. The smallest absolute Gasteiger partial charge is 0.255 e. The van der Waals surface area contributed by atoms with Crippen molar-refractivity contribution in [2.75, 3.05) is 18.4 Å². The van der Waals surface area contributed by atoms with Crippen molar-refractivity contribution < 1.29 is 14.0 Å². The summed E-state index contributed by atoms with van der Waals surface area (Å²) >= 11 is 6.10. The average Bonchev–Trinajstić information content (AvgIpc) is 2.57. The minimum absolute atomic E-state index is 0.141. The maximum Gasteiger partial charge on any atom is 0.255 e. The number of carbonyl (C=O) groups excluding carboxylic acids is 2. The Morgan fingerprint density at radius 1 is 1.08 bits per heavy atom. The number of hydrogen-bond donors (Lipinski definition) is 1. The van der Waals surface area contributed by atoms with Gasteiger partial charge in [0.1, 0.15) is 5.82 Å². The van der Waals surface area contributed by atoms with Crippen LogP contribution in [0.2, 0.25) is 5.02 Å². The van der Waals surface area contributed by atoms with Gasteiger partial charge in [-0.15, -0.1) is 0 Å². The first kappa shape index (κ1) is 17.9. The fourth-order valence-electron chi connectivity index (χ4n) is 2.27. The summed E-state index contributed by atoms with van der Waals surface area (Å²) in [6.07, 6.45) is 0. The van der Waals surface area contributed by atoms with Crippen LogP contribution in [0.5, 0.6) is 0 Å². The van der Waals surface area contributed by atoms with Gasteiger partial charge in [0, 0.05) is 24.2 Å². The molecular weight excluding hydrogens is 331 g/mol. The maximum absolute atomic E-state index is 13.2. The van der Waals surface area contributed by atoms with Gasteiger partial charge < -0.3 is 10.2 Å². The summed E-state index contributed by atoms with van der Waals surface area (Å²) in [4.78, 5) is 26.3. The van der Waals surface area contributed by atoms with E-state index in [2.05, 4.69) is 5.32 Å². The number of amides is 2. The Morgan fingerprint density at radius 2 is 1.79 bits per heavy atom. The Bertz CT molecular complexity index is 760. The Labute approximate surface area is 145 Å². The molecule has 0 atom stereocenters. The molecule has 0 fully saturated rings. The number of halogens is 2. The number of rotatable bonds is 5. The van der Waals surface area contributed by atoms with Gasteiger partial charge in [-0.05, 0) is 50.2 Å². The molecular formula is C18H18ClFN2O2. The highest BCUT2D eigenvalue weighted by Crippen LogP contribution is 2.24. The second kappa shape index (κ2) is 7.93. The predicted octanol–water partition coefficient (Wildman–Crippen LogP) is 4.21. The molecule has 2 aromatic rings. The molecule has 0 heterocycles. The standard InChI is InChI=1S/C18H18ClFN2O2/c1-3-22(4-2)18(24)13-8-9-15(19)16(11-13)21-17(23)12-6-5-7-14(20)10-12/h5-11H,3-4H2,1-2H3,(H,21,23). The molecule has 24 heavy (non-hydrogen) atoms. The normalized spacial score (nSPS) is 10.3. The molecule has 2 aromatic carbocycles. The molecule has 2 amide bonds. The summed E-state index contributed by atoms with van der Waals surface area (Å²) < 4.78 is 13.2. The van der Waals surface area contributed by atoms with E-state index in [4.69, 9.17) is 11.6 Å². The third kappa shape index (κ3) is 4.11. The van der Waals surface area contributed by atoms with E-state index in [9.17, 15) is 14.0 Å². The molecule has 2 rings (SSSR count). The number of nitrogens with zero attached hydrogens (tertiary/aromatic N) is 1. The molecule has 4 nitrogen and oxygen atoms in total. The van der Waals surface area contributed by atoms with E-state index < -0.39 is 11.7 Å². The molecule has 0 saturated heterocycles. The van der Waals surface area contributed by atoms with Gasteiger partial charge in [0.05, 0.1) is 10.7 Å². The third-order valence-electron chi connectivity index (χ3n) is 3.60. The van der Waals surface area contributed by atoms with Crippen molar-refractivity contribution in [3.63, 3.8) is 0 Å². The predicted molar refractivity (Wildman–Crippen MR) is 93.1 cm³/mol. The molecule has 0 saturated carbocycles. The monoisotopic (exact) mass is 348 g/mol. The second-order valence-electron chi connectivity index (χ2n) is 5.14. The highest BCUT2D eigenvalue weighted by atomic mass is 35.5. The zero-order valence-electron chi connectivity index (χ0n) is 13.5. The lowest BCUT2D eigenvalue weighted by molar-refractivity contribution is 0.0772. The lowest BCUT2D eigenvalue weighted by Gasteiger charge is -2.19. The topological polar surface area (TPSA) is 49.4 Å². The fraction of sp³-hybridized carbons (Fsp3) is 0.222. The van der Waals surface area contributed by atoms with Gasteiger partial charge in [-0.25, -0.2) is 4.39 Å². The van der Waals surface area contributed by atoms with E-state index in [-0.39, 0.29) is 11.5 Å².